The number of nitrogens with zero attached hydrogens (tertiary/aromatic N) is 2. The maximum absolute atomic E-state index is 13.2. The van der Waals surface area contributed by atoms with Crippen LogP contribution < -0.4 is 10.1 Å². The molecular formula is C24H31N3O4S. The molecule has 0 bridgehead atoms. The molecule has 32 heavy (non-hydrogen) atoms. The first-order valence-electron chi connectivity index (χ1n) is 11.2. The number of ether oxygens (including phenoxy) is 1. The van der Waals surface area contributed by atoms with Crippen molar-refractivity contribution >= 4 is 15.9 Å². The zero-order chi connectivity index (χ0) is 22.6. The first kappa shape index (κ1) is 22.8. The molecule has 2 aliphatic rings. The summed E-state index contributed by atoms with van der Waals surface area (Å²) in [7, 11) is -2.20. The number of nitrogens with one attached hydrogen (secondary N) is 1. The highest BCUT2D eigenvalue weighted by Gasteiger charge is 2.40. The van der Waals surface area contributed by atoms with Crippen LogP contribution in [0.25, 0.3) is 0 Å². The van der Waals surface area contributed by atoms with Crippen LogP contribution in [0.3, 0.4) is 0 Å². The summed E-state index contributed by atoms with van der Waals surface area (Å²) in [5, 5.41) is 3.13. The molecule has 2 aromatic rings. The van der Waals surface area contributed by atoms with E-state index in [1.54, 1.807) is 12.1 Å². The van der Waals surface area contributed by atoms with Gasteiger partial charge in [-0.3, -0.25) is 9.69 Å². The fourth-order valence-corrected chi connectivity index (χ4v) is 6.20. The maximum atomic E-state index is 13.2. The van der Waals surface area contributed by atoms with Gasteiger partial charge in [-0.25, -0.2) is 8.42 Å². The molecule has 4 rings (SSSR count). The van der Waals surface area contributed by atoms with Crippen LogP contribution in [0.4, 0.5) is 0 Å². The van der Waals surface area contributed by atoms with E-state index in [0.29, 0.717) is 25.1 Å². The lowest BCUT2D eigenvalue weighted by atomic mass is 10.0. The Kier molecular flexibility index (Phi) is 7.13. The highest BCUT2D eigenvalue weighted by atomic mass is 32.2. The molecule has 2 aliphatic heterocycles. The van der Waals surface area contributed by atoms with Crippen LogP contribution in [0.2, 0.25) is 0 Å². The van der Waals surface area contributed by atoms with Gasteiger partial charge >= 0.3 is 0 Å². The SMILES string of the molecule is COc1ccc(S(=O)(=O)N2CCC[C@H]2C(=O)NC2CCN(Cc3ccccc3)CC2)cc1. The number of sulfonamides is 1. The van der Waals surface area contributed by atoms with Gasteiger partial charge in [-0.2, -0.15) is 4.31 Å². The van der Waals surface area contributed by atoms with Crippen molar-refractivity contribution in [2.45, 2.75) is 49.2 Å². The quantitative estimate of drug-likeness (QED) is 0.692. The number of methoxy groups -OCH3 is 1. The van der Waals surface area contributed by atoms with Crippen LogP contribution in [0, 0.1) is 0 Å². The van der Waals surface area contributed by atoms with Crippen molar-refractivity contribution in [3.8, 4) is 5.75 Å². The maximum Gasteiger partial charge on any atom is 0.243 e. The third-order valence-electron chi connectivity index (χ3n) is 6.36. The zero-order valence-corrected chi connectivity index (χ0v) is 19.3. The second-order valence-electron chi connectivity index (χ2n) is 8.49. The van der Waals surface area contributed by atoms with Gasteiger partial charge in [0.05, 0.1) is 12.0 Å². The molecule has 2 fully saturated rings. The molecule has 0 aromatic heterocycles. The molecule has 172 valence electrons. The van der Waals surface area contributed by atoms with Crippen LogP contribution in [-0.4, -0.2) is 62.4 Å². The molecule has 8 heteroatoms. The van der Waals surface area contributed by atoms with Gasteiger partial charge in [-0.1, -0.05) is 30.3 Å². The molecule has 7 nitrogen and oxygen atoms in total. The fourth-order valence-electron chi connectivity index (χ4n) is 4.55. The van der Waals surface area contributed by atoms with E-state index < -0.39 is 16.1 Å². The Morgan fingerprint density at radius 3 is 2.34 bits per heavy atom. The topological polar surface area (TPSA) is 79.0 Å². The van der Waals surface area contributed by atoms with Crippen LogP contribution in [-0.2, 0) is 21.4 Å². The van der Waals surface area contributed by atoms with Crippen LogP contribution in [0.5, 0.6) is 5.75 Å². The minimum Gasteiger partial charge on any atom is -0.497 e. The molecule has 2 aromatic carbocycles. The molecule has 0 aliphatic carbocycles. The number of benzene rings is 2. The van der Waals surface area contributed by atoms with E-state index in [0.717, 1.165) is 32.5 Å². The van der Waals surface area contributed by atoms with Crippen molar-refractivity contribution in [1.82, 2.24) is 14.5 Å². The molecule has 1 N–H and O–H groups in total. The predicted molar refractivity (Wildman–Crippen MR) is 123 cm³/mol. The normalized spacial score (nSPS) is 20.8. The Morgan fingerprint density at radius 2 is 1.69 bits per heavy atom. The molecule has 2 saturated heterocycles. The van der Waals surface area contributed by atoms with Crippen molar-refractivity contribution in [3.05, 3.63) is 60.2 Å². The molecule has 0 unspecified atom stereocenters. The number of amides is 1. The number of carbonyl (C=O) groups excluding carboxylic acids is 1. The van der Waals surface area contributed by atoms with Crippen molar-refractivity contribution in [2.24, 2.45) is 0 Å². The van der Waals surface area contributed by atoms with Gasteiger partial charge in [-0.05, 0) is 55.5 Å². The van der Waals surface area contributed by atoms with Gasteiger partial charge in [0.2, 0.25) is 15.9 Å². The van der Waals surface area contributed by atoms with Gasteiger partial charge < -0.3 is 10.1 Å². The summed E-state index contributed by atoms with van der Waals surface area (Å²) in [5.41, 5.74) is 1.29. The molecule has 0 radical (unpaired) electrons. The second kappa shape index (κ2) is 10.0. The van der Waals surface area contributed by atoms with Crippen molar-refractivity contribution < 1.29 is 17.9 Å². The summed E-state index contributed by atoms with van der Waals surface area (Å²) in [5.74, 6) is 0.416. The third kappa shape index (κ3) is 5.14. The van der Waals surface area contributed by atoms with E-state index in [1.165, 1.54) is 29.1 Å². The van der Waals surface area contributed by atoms with Gasteiger partial charge in [-0.15, -0.1) is 0 Å². The van der Waals surface area contributed by atoms with E-state index >= 15 is 0 Å². The average Bonchev–Trinajstić information content (AvgIpc) is 3.32. The highest BCUT2D eigenvalue weighted by Crippen LogP contribution is 2.27. The monoisotopic (exact) mass is 457 g/mol. The largest absolute Gasteiger partial charge is 0.497 e. The lowest BCUT2D eigenvalue weighted by molar-refractivity contribution is -0.125. The lowest BCUT2D eigenvalue weighted by Gasteiger charge is -2.33. The van der Waals surface area contributed by atoms with E-state index in [-0.39, 0.29) is 16.8 Å². The fraction of sp³-hybridized carbons (Fsp3) is 0.458. The van der Waals surface area contributed by atoms with Crippen LogP contribution >= 0.6 is 0 Å². The summed E-state index contributed by atoms with van der Waals surface area (Å²) in [4.78, 5) is 15.6. The van der Waals surface area contributed by atoms with E-state index in [4.69, 9.17) is 4.74 Å². The first-order valence-corrected chi connectivity index (χ1v) is 12.6. The Morgan fingerprint density at radius 1 is 1.00 bits per heavy atom. The van der Waals surface area contributed by atoms with E-state index in [2.05, 4.69) is 34.5 Å². The number of carbonyl (C=O) groups is 1. The zero-order valence-electron chi connectivity index (χ0n) is 18.4. The third-order valence-corrected chi connectivity index (χ3v) is 8.28. The second-order valence-corrected chi connectivity index (χ2v) is 10.4. The van der Waals surface area contributed by atoms with E-state index in [1.807, 2.05) is 6.07 Å². The standard InChI is InChI=1S/C24H31N3O4S/c1-31-21-9-11-22(12-10-21)32(29,30)27-15-5-8-23(27)24(28)25-20-13-16-26(17-14-20)18-19-6-3-2-4-7-19/h2-4,6-7,9-12,20,23H,5,8,13-18H2,1H3,(H,25,28)/t23-/m0/s1. The number of hydrogen-bond donors (Lipinski definition) is 1. The molecule has 1 amide bonds. The van der Waals surface area contributed by atoms with Gasteiger partial charge in [0.15, 0.2) is 0 Å². The Bertz CT molecular complexity index is 1000. The summed E-state index contributed by atoms with van der Waals surface area (Å²) >= 11 is 0. The number of rotatable bonds is 7. The molecular weight excluding hydrogens is 426 g/mol. The van der Waals surface area contributed by atoms with Crippen LogP contribution in [0.1, 0.15) is 31.2 Å². The van der Waals surface area contributed by atoms with E-state index in [9.17, 15) is 13.2 Å². The lowest BCUT2D eigenvalue weighted by Crippen LogP contribution is -2.51. The number of likely N-dealkylation sites (tertiary alicyclic amines) is 1. The molecule has 2 heterocycles. The Hall–Kier alpha value is -2.42. The molecule has 0 spiro atoms. The predicted octanol–water partition coefficient (Wildman–Crippen LogP) is 2.63. The molecule has 0 saturated carbocycles. The smallest absolute Gasteiger partial charge is 0.243 e. The average molecular weight is 458 g/mol. The van der Waals surface area contributed by atoms with Gasteiger partial charge in [0.1, 0.15) is 11.8 Å². The Labute approximate surface area is 190 Å². The summed E-state index contributed by atoms with van der Waals surface area (Å²) in [6.45, 7) is 3.11. The van der Waals surface area contributed by atoms with Crippen molar-refractivity contribution in [3.63, 3.8) is 0 Å². The number of hydrogen-bond acceptors (Lipinski definition) is 5. The minimum absolute atomic E-state index is 0.0839. The Balaban J connectivity index is 1.33. The minimum atomic E-state index is -3.73. The molecule has 1 atom stereocenters. The summed E-state index contributed by atoms with van der Waals surface area (Å²) in [6.07, 6.45) is 2.98. The first-order chi connectivity index (χ1) is 15.5. The van der Waals surface area contributed by atoms with Crippen LogP contribution in [0.15, 0.2) is 59.5 Å². The summed E-state index contributed by atoms with van der Waals surface area (Å²) in [6, 6.07) is 16.1. The van der Waals surface area contributed by atoms with Crippen molar-refractivity contribution in [2.75, 3.05) is 26.7 Å². The highest BCUT2D eigenvalue weighted by molar-refractivity contribution is 7.89. The van der Waals surface area contributed by atoms with Gasteiger partial charge in [0.25, 0.3) is 0 Å². The van der Waals surface area contributed by atoms with Gasteiger partial charge in [0, 0.05) is 32.2 Å². The summed E-state index contributed by atoms with van der Waals surface area (Å²) < 4.78 is 32.8. The van der Waals surface area contributed by atoms with Crippen molar-refractivity contribution in [1.29, 1.82) is 0 Å². The number of piperidine rings is 1.